The zero-order chi connectivity index (χ0) is 7.56. The van der Waals surface area contributed by atoms with Gasteiger partial charge >= 0.3 is 0 Å². The zero-order valence-electron chi connectivity index (χ0n) is 5.96. The number of hydrogen-bond donors (Lipinski definition) is 1. The van der Waals surface area contributed by atoms with Crippen LogP contribution >= 0.6 is 20.8 Å². The fraction of sp³-hybridized carbons (Fsp3) is 0.600. The van der Waals surface area contributed by atoms with Gasteiger partial charge in [0.05, 0.1) is 12.0 Å². The van der Waals surface area contributed by atoms with Crippen LogP contribution in [0.25, 0.3) is 0 Å². The second kappa shape index (κ2) is 3.26. The second-order valence-corrected chi connectivity index (χ2v) is 3.86. The predicted octanol–water partition coefficient (Wildman–Crippen LogP) is 1.77. The van der Waals surface area contributed by atoms with E-state index in [4.69, 9.17) is 12.2 Å². The Morgan fingerprint density at radius 2 is 2.60 bits per heavy atom. The smallest absolute Gasteiger partial charge is 0.142 e. The molecule has 3 nitrogen and oxygen atoms in total. The average molecular weight is 175 g/mol. The standard InChI is InChI=1S/C5H10N3PS/c1-4(9-2)8-5(10)3-6-7-8/h3-4,7,9H,1-2H3. The van der Waals surface area contributed by atoms with E-state index >= 15 is 0 Å². The lowest BCUT2D eigenvalue weighted by atomic mass is 10.7. The Bertz CT molecular complexity index is 253. The lowest BCUT2D eigenvalue weighted by Gasteiger charge is -2.07. The molecule has 1 aromatic heterocycles. The Balaban J connectivity index is 2.93. The highest BCUT2D eigenvalue weighted by molar-refractivity contribution is 7.71. The summed E-state index contributed by atoms with van der Waals surface area (Å²) in [6.07, 6.45) is 1.66. The third kappa shape index (κ3) is 1.44. The van der Waals surface area contributed by atoms with Crippen molar-refractivity contribution in [2.45, 2.75) is 12.7 Å². The lowest BCUT2D eigenvalue weighted by Crippen LogP contribution is -2.01. The topological polar surface area (TPSA) is 33.6 Å². The number of nitrogens with zero attached hydrogens (tertiary/aromatic N) is 2. The summed E-state index contributed by atoms with van der Waals surface area (Å²) in [5.41, 5.74) is 0. The van der Waals surface area contributed by atoms with Gasteiger partial charge in [0.1, 0.15) is 4.64 Å². The molecule has 10 heavy (non-hydrogen) atoms. The van der Waals surface area contributed by atoms with Gasteiger partial charge in [-0.1, -0.05) is 20.8 Å². The van der Waals surface area contributed by atoms with Crippen LogP contribution in [0.3, 0.4) is 0 Å². The summed E-state index contributed by atoms with van der Waals surface area (Å²) in [5, 5.41) is 6.65. The molecule has 0 bridgehead atoms. The summed E-state index contributed by atoms with van der Waals surface area (Å²) >= 11 is 5.00. The molecule has 1 aromatic rings. The minimum atomic E-state index is 0.454. The lowest BCUT2D eigenvalue weighted by molar-refractivity contribution is 0.602. The maximum Gasteiger partial charge on any atom is 0.142 e. The van der Waals surface area contributed by atoms with Gasteiger partial charge in [-0.2, -0.15) is 5.10 Å². The van der Waals surface area contributed by atoms with Crippen molar-refractivity contribution in [2.24, 2.45) is 0 Å². The molecule has 0 spiro atoms. The van der Waals surface area contributed by atoms with Crippen molar-refractivity contribution in [3.8, 4) is 0 Å². The van der Waals surface area contributed by atoms with E-state index in [1.165, 1.54) is 0 Å². The summed E-state index contributed by atoms with van der Waals surface area (Å²) < 4.78 is 2.68. The molecular weight excluding hydrogens is 165 g/mol. The molecule has 2 unspecified atom stereocenters. The first-order valence-corrected chi connectivity index (χ1v) is 5.03. The Hall–Kier alpha value is -0.210. The Morgan fingerprint density at radius 1 is 1.90 bits per heavy atom. The van der Waals surface area contributed by atoms with Crippen molar-refractivity contribution in [3.63, 3.8) is 0 Å². The molecule has 1 rings (SSSR count). The van der Waals surface area contributed by atoms with Gasteiger partial charge in [0.25, 0.3) is 0 Å². The number of nitrogens with one attached hydrogen (secondary N) is 1. The third-order valence-corrected chi connectivity index (χ3v) is 2.78. The molecule has 5 heteroatoms. The maximum atomic E-state index is 5.00. The van der Waals surface area contributed by atoms with E-state index in [0.717, 1.165) is 13.2 Å². The van der Waals surface area contributed by atoms with Crippen molar-refractivity contribution in [1.29, 1.82) is 0 Å². The SMILES string of the molecule is CPC(C)n1[nH]ncc1=S. The fourth-order valence-corrected chi connectivity index (χ4v) is 1.46. The number of hydrogen-bond acceptors (Lipinski definition) is 2. The molecule has 0 saturated heterocycles. The van der Waals surface area contributed by atoms with Gasteiger partial charge in [0.15, 0.2) is 0 Å². The van der Waals surface area contributed by atoms with E-state index in [0.29, 0.717) is 5.78 Å². The molecule has 0 radical (unpaired) electrons. The monoisotopic (exact) mass is 175 g/mol. The van der Waals surface area contributed by atoms with Gasteiger partial charge in [0.2, 0.25) is 0 Å². The molecule has 1 heterocycles. The molecule has 0 aliphatic carbocycles. The van der Waals surface area contributed by atoms with Gasteiger partial charge in [-0.3, -0.25) is 4.68 Å². The van der Waals surface area contributed by atoms with Crippen LogP contribution in [-0.2, 0) is 0 Å². The Morgan fingerprint density at radius 3 is 3.00 bits per heavy atom. The van der Waals surface area contributed by atoms with Crippen LogP contribution < -0.4 is 0 Å². The van der Waals surface area contributed by atoms with E-state index in [1.54, 1.807) is 6.20 Å². The van der Waals surface area contributed by atoms with E-state index in [2.05, 4.69) is 23.9 Å². The van der Waals surface area contributed by atoms with E-state index in [1.807, 2.05) is 4.68 Å². The van der Waals surface area contributed by atoms with E-state index in [-0.39, 0.29) is 0 Å². The van der Waals surface area contributed by atoms with Crippen LogP contribution in [0.15, 0.2) is 6.20 Å². The molecule has 1 N–H and O–H groups in total. The summed E-state index contributed by atoms with van der Waals surface area (Å²) in [6.45, 7) is 4.26. The molecule has 2 atom stereocenters. The largest absolute Gasteiger partial charge is 0.253 e. The minimum absolute atomic E-state index is 0.454. The first-order chi connectivity index (χ1) is 4.75. The highest BCUT2D eigenvalue weighted by atomic mass is 32.1. The first kappa shape index (κ1) is 7.89. The Kier molecular flexibility index (Phi) is 2.57. The van der Waals surface area contributed by atoms with Crippen LogP contribution in [0.1, 0.15) is 12.7 Å². The second-order valence-electron chi connectivity index (χ2n) is 2.03. The quantitative estimate of drug-likeness (QED) is 0.549. The molecule has 56 valence electrons. The maximum absolute atomic E-state index is 5.00. The zero-order valence-corrected chi connectivity index (χ0v) is 7.77. The van der Waals surface area contributed by atoms with Gasteiger partial charge in [-0.25, -0.2) is 5.21 Å². The number of H-pyrrole nitrogens is 1. The van der Waals surface area contributed by atoms with E-state index in [9.17, 15) is 0 Å². The molecule has 0 amide bonds. The predicted molar refractivity (Wildman–Crippen MR) is 46.4 cm³/mol. The average Bonchev–Trinajstić information content (AvgIpc) is 2.34. The van der Waals surface area contributed by atoms with E-state index < -0.39 is 0 Å². The molecule has 0 aromatic carbocycles. The van der Waals surface area contributed by atoms with Crippen molar-refractivity contribution < 1.29 is 0 Å². The number of aromatic nitrogens is 3. The number of aromatic amines is 1. The molecule has 0 saturated carbocycles. The van der Waals surface area contributed by atoms with Crippen molar-refractivity contribution in [1.82, 2.24) is 15.0 Å². The highest BCUT2D eigenvalue weighted by Gasteiger charge is 2.00. The van der Waals surface area contributed by atoms with Crippen molar-refractivity contribution in [3.05, 3.63) is 10.8 Å². The summed E-state index contributed by atoms with van der Waals surface area (Å²) in [6, 6.07) is 0. The van der Waals surface area contributed by atoms with Crippen molar-refractivity contribution in [2.75, 3.05) is 6.66 Å². The molecule has 0 aliphatic rings. The summed E-state index contributed by atoms with van der Waals surface area (Å²) in [7, 11) is 0.847. The fourth-order valence-electron chi connectivity index (χ4n) is 0.664. The minimum Gasteiger partial charge on any atom is -0.253 e. The van der Waals surface area contributed by atoms with Crippen LogP contribution in [0.4, 0.5) is 0 Å². The van der Waals surface area contributed by atoms with Crippen LogP contribution in [0, 0.1) is 4.64 Å². The van der Waals surface area contributed by atoms with Crippen LogP contribution in [0.5, 0.6) is 0 Å². The molecule has 0 aliphatic heterocycles. The Labute approximate surface area is 66.6 Å². The van der Waals surface area contributed by atoms with Gasteiger partial charge in [-0.05, 0) is 13.6 Å². The third-order valence-electron chi connectivity index (χ3n) is 1.38. The highest BCUT2D eigenvalue weighted by Crippen LogP contribution is 2.23. The van der Waals surface area contributed by atoms with Crippen molar-refractivity contribution >= 4 is 20.8 Å². The van der Waals surface area contributed by atoms with Crippen LogP contribution in [-0.4, -0.2) is 21.7 Å². The molecular formula is C5H10N3PS. The summed E-state index contributed by atoms with van der Waals surface area (Å²) in [5.74, 6) is 0.454. The van der Waals surface area contributed by atoms with Gasteiger partial charge in [-0.15, -0.1) is 0 Å². The van der Waals surface area contributed by atoms with Gasteiger partial charge < -0.3 is 0 Å². The molecule has 0 fully saturated rings. The normalized spacial score (nSPS) is 14.6. The summed E-state index contributed by atoms with van der Waals surface area (Å²) in [4.78, 5) is 0. The van der Waals surface area contributed by atoms with Gasteiger partial charge in [0, 0.05) is 0 Å². The first-order valence-electron chi connectivity index (χ1n) is 3.05. The number of rotatable bonds is 2. The van der Waals surface area contributed by atoms with Crippen LogP contribution in [0.2, 0.25) is 0 Å².